The van der Waals surface area contributed by atoms with E-state index in [0.717, 1.165) is 5.57 Å². The lowest BCUT2D eigenvalue weighted by Gasteiger charge is -2.14. The molecule has 0 heterocycles. The Morgan fingerprint density at radius 3 is 2.41 bits per heavy atom. The van der Waals surface area contributed by atoms with Crippen LogP contribution in [0.2, 0.25) is 0 Å². The van der Waals surface area contributed by atoms with E-state index in [-0.39, 0.29) is 0 Å². The van der Waals surface area contributed by atoms with Crippen LogP contribution in [0.5, 0.6) is 0 Å². The summed E-state index contributed by atoms with van der Waals surface area (Å²) in [5.41, 5.74) is 2.74. The molecular weight excluding hydrogens is 224 g/mol. The van der Waals surface area contributed by atoms with Gasteiger partial charge in [-0.25, -0.2) is 0 Å². The van der Waals surface area contributed by atoms with Crippen molar-refractivity contribution in [3.05, 3.63) is 35.3 Å². The van der Waals surface area contributed by atoms with Crippen LogP contribution in [0.15, 0.2) is 35.3 Å². The average Bonchev–Trinajstić information content (AvgIpc) is 2.34. The first-order chi connectivity index (χ1) is 8.06. The van der Waals surface area contributed by atoms with Gasteiger partial charge in [0.25, 0.3) is 0 Å². The zero-order valence-corrected chi connectivity index (χ0v) is 12.8. The topological polar surface area (TPSA) is 0 Å². The fourth-order valence-corrected chi connectivity index (χ4v) is 2.81. The number of hydrogen-bond acceptors (Lipinski definition) is 1. The second-order valence-corrected chi connectivity index (χ2v) is 5.96. The molecule has 17 heavy (non-hydrogen) atoms. The molecule has 0 amide bonds. The maximum Gasteiger partial charge on any atom is -0.00517 e. The van der Waals surface area contributed by atoms with Gasteiger partial charge in [0.1, 0.15) is 0 Å². The summed E-state index contributed by atoms with van der Waals surface area (Å²) in [4.78, 5) is 1.60. The summed E-state index contributed by atoms with van der Waals surface area (Å²) in [5, 5.41) is 0. The lowest BCUT2D eigenvalue weighted by molar-refractivity contribution is 0.622. The summed E-state index contributed by atoms with van der Waals surface area (Å²) in [5.74, 6) is 1.73. The molecule has 1 heteroatoms. The van der Waals surface area contributed by atoms with Gasteiger partial charge in [0.15, 0.2) is 0 Å². The Hall–Kier alpha value is -0.430. The highest BCUT2D eigenvalue weighted by molar-refractivity contribution is 8.03. The summed E-state index contributed by atoms with van der Waals surface area (Å²) in [6, 6.07) is 0. The predicted molar refractivity (Wildman–Crippen MR) is 83.5 cm³/mol. The van der Waals surface area contributed by atoms with Crippen molar-refractivity contribution in [2.45, 2.75) is 53.4 Å². The Kier molecular flexibility index (Phi) is 9.34. The minimum absolute atomic E-state index is 0.553. The third-order valence-electron chi connectivity index (χ3n) is 3.12. The van der Waals surface area contributed by atoms with Crippen molar-refractivity contribution in [2.75, 3.05) is 5.75 Å². The van der Waals surface area contributed by atoms with E-state index in [1.807, 2.05) is 17.8 Å². The average molecular weight is 252 g/mol. The lowest BCUT2D eigenvalue weighted by Crippen LogP contribution is -1.97. The zero-order chi connectivity index (χ0) is 13.3. The number of thioether (sulfide) groups is 1. The smallest absolute Gasteiger partial charge is 0.00517 e. The van der Waals surface area contributed by atoms with Gasteiger partial charge in [0.05, 0.1) is 0 Å². The molecule has 0 spiro atoms. The molecular formula is C16H28S. The van der Waals surface area contributed by atoms with E-state index in [2.05, 4.69) is 40.9 Å². The standard InChI is InChI=1S/C16H28S/c1-7-10-16(17-9-3)15(6)12-11-14(5)13(4)8-2/h8,14H,2,4,7,9-12H2,1,3,5-6H3. The summed E-state index contributed by atoms with van der Waals surface area (Å²) in [7, 11) is 0. The first-order valence-electron chi connectivity index (χ1n) is 6.69. The number of hydrogen-bond donors (Lipinski definition) is 0. The summed E-state index contributed by atoms with van der Waals surface area (Å²) < 4.78 is 0. The SMILES string of the molecule is C=CC(=C)C(C)CCC(C)=C(CCC)SCC. The van der Waals surface area contributed by atoms with Gasteiger partial charge >= 0.3 is 0 Å². The van der Waals surface area contributed by atoms with Crippen LogP contribution >= 0.6 is 11.8 Å². The molecule has 0 aromatic carbocycles. The van der Waals surface area contributed by atoms with Crippen LogP contribution in [0.3, 0.4) is 0 Å². The van der Waals surface area contributed by atoms with Crippen molar-refractivity contribution in [2.24, 2.45) is 5.92 Å². The van der Waals surface area contributed by atoms with Gasteiger partial charge in [0.2, 0.25) is 0 Å². The Labute approximate surface area is 112 Å². The molecule has 98 valence electrons. The molecule has 0 aliphatic heterocycles. The van der Waals surface area contributed by atoms with E-state index >= 15 is 0 Å². The molecule has 1 atom stereocenters. The lowest BCUT2D eigenvalue weighted by atomic mass is 9.95. The first kappa shape index (κ1) is 16.6. The van der Waals surface area contributed by atoms with E-state index in [1.54, 1.807) is 10.5 Å². The Morgan fingerprint density at radius 1 is 1.29 bits per heavy atom. The van der Waals surface area contributed by atoms with Gasteiger partial charge in [-0.3, -0.25) is 0 Å². The predicted octanol–water partition coefficient (Wildman–Crippen LogP) is 5.97. The quantitative estimate of drug-likeness (QED) is 0.455. The van der Waals surface area contributed by atoms with E-state index in [1.165, 1.54) is 31.4 Å². The van der Waals surface area contributed by atoms with Crippen LogP contribution in [0.1, 0.15) is 53.4 Å². The van der Waals surface area contributed by atoms with E-state index in [0.29, 0.717) is 5.92 Å². The number of allylic oxidation sites excluding steroid dienone is 4. The summed E-state index contributed by atoms with van der Waals surface area (Å²) >= 11 is 2.01. The highest BCUT2D eigenvalue weighted by atomic mass is 32.2. The van der Waals surface area contributed by atoms with Crippen LogP contribution in [0.4, 0.5) is 0 Å². The molecule has 0 saturated carbocycles. The largest absolute Gasteiger partial charge is 0.131 e. The summed E-state index contributed by atoms with van der Waals surface area (Å²) in [6.45, 7) is 16.8. The van der Waals surface area contributed by atoms with Crippen LogP contribution < -0.4 is 0 Å². The molecule has 1 unspecified atom stereocenters. The second-order valence-electron chi connectivity index (χ2n) is 4.61. The number of rotatable bonds is 9. The Morgan fingerprint density at radius 2 is 1.94 bits per heavy atom. The summed E-state index contributed by atoms with van der Waals surface area (Å²) in [6.07, 6.45) is 6.75. The van der Waals surface area contributed by atoms with Crippen molar-refractivity contribution in [1.82, 2.24) is 0 Å². The molecule has 0 rings (SSSR count). The first-order valence-corrected chi connectivity index (χ1v) is 7.67. The minimum Gasteiger partial charge on any atom is -0.131 e. The van der Waals surface area contributed by atoms with Crippen LogP contribution in [0, 0.1) is 5.92 Å². The molecule has 0 aliphatic carbocycles. The minimum atomic E-state index is 0.553. The van der Waals surface area contributed by atoms with E-state index in [9.17, 15) is 0 Å². The van der Waals surface area contributed by atoms with E-state index in [4.69, 9.17) is 0 Å². The van der Waals surface area contributed by atoms with Crippen molar-refractivity contribution < 1.29 is 0 Å². The van der Waals surface area contributed by atoms with Gasteiger partial charge in [-0.2, -0.15) is 0 Å². The fourth-order valence-electron chi connectivity index (χ4n) is 1.77. The maximum atomic E-state index is 4.03. The monoisotopic (exact) mass is 252 g/mol. The van der Waals surface area contributed by atoms with Crippen molar-refractivity contribution in [1.29, 1.82) is 0 Å². The molecule has 0 bridgehead atoms. The molecule has 0 fully saturated rings. The molecule has 0 aliphatic rings. The van der Waals surface area contributed by atoms with Crippen LogP contribution in [0.25, 0.3) is 0 Å². The molecule has 0 aromatic rings. The molecule has 0 nitrogen and oxygen atoms in total. The van der Waals surface area contributed by atoms with Crippen LogP contribution in [-0.2, 0) is 0 Å². The van der Waals surface area contributed by atoms with Crippen LogP contribution in [-0.4, -0.2) is 5.75 Å². The molecule has 0 N–H and O–H groups in total. The zero-order valence-electron chi connectivity index (χ0n) is 12.0. The molecule has 0 radical (unpaired) electrons. The third-order valence-corrected chi connectivity index (χ3v) is 4.31. The van der Waals surface area contributed by atoms with Crippen molar-refractivity contribution >= 4 is 11.8 Å². The third kappa shape index (κ3) is 6.78. The van der Waals surface area contributed by atoms with Gasteiger partial charge < -0.3 is 0 Å². The highest BCUT2D eigenvalue weighted by Gasteiger charge is 2.07. The fraction of sp³-hybridized carbons (Fsp3) is 0.625. The van der Waals surface area contributed by atoms with Gasteiger partial charge in [-0.15, -0.1) is 11.8 Å². The second kappa shape index (κ2) is 9.58. The maximum absolute atomic E-state index is 4.03. The van der Waals surface area contributed by atoms with Gasteiger partial charge in [0, 0.05) is 0 Å². The normalized spacial score (nSPS) is 14.1. The molecule has 0 aromatic heterocycles. The molecule has 0 saturated heterocycles. The van der Waals surface area contributed by atoms with Gasteiger partial charge in [-0.05, 0) is 42.8 Å². The van der Waals surface area contributed by atoms with Crippen molar-refractivity contribution in [3.8, 4) is 0 Å². The van der Waals surface area contributed by atoms with E-state index < -0.39 is 0 Å². The van der Waals surface area contributed by atoms with Gasteiger partial charge in [-0.1, -0.05) is 57.6 Å². The Balaban J connectivity index is 4.36. The highest BCUT2D eigenvalue weighted by Crippen LogP contribution is 2.28. The van der Waals surface area contributed by atoms with Crippen molar-refractivity contribution in [3.63, 3.8) is 0 Å². The Bertz CT molecular complexity index is 265.